The summed E-state index contributed by atoms with van der Waals surface area (Å²) in [7, 11) is 1.89. The van der Waals surface area contributed by atoms with Gasteiger partial charge in [-0.2, -0.15) is 5.10 Å². The number of hydrogen-bond donors (Lipinski definition) is 2. The Hall–Kier alpha value is -0.210. The molecule has 4 nitrogen and oxygen atoms in total. The van der Waals surface area contributed by atoms with Gasteiger partial charge >= 0.3 is 0 Å². The summed E-state index contributed by atoms with van der Waals surface area (Å²) in [6.07, 6.45) is 3.76. The molecule has 2 rings (SSSR count). The van der Waals surface area contributed by atoms with Crippen LogP contribution in [-0.4, -0.2) is 9.78 Å². The SMILES string of the molecule is Cn1cc(C(NN)c2cc(Br)c(Br)s2)cn1. The Morgan fingerprint density at radius 1 is 1.56 bits per heavy atom. The van der Waals surface area contributed by atoms with Crippen molar-refractivity contribution in [2.75, 3.05) is 0 Å². The monoisotopic (exact) mass is 364 g/mol. The van der Waals surface area contributed by atoms with Crippen molar-refractivity contribution in [2.24, 2.45) is 12.9 Å². The van der Waals surface area contributed by atoms with Gasteiger partial charge in [-0.1, -0.05) is 0 Å². The van der Waals surface area contributed by atoms with Crippen LogP contribution in [0.1, 0.15) is 16.5 Å². The van der Waals surface area contributed by atoms with E-state index in [-0.39, 0.29) is 6.04 Å². The van der Waals surface area contributed by atoms with Gasteiger partial charge in [0.05, 0.1) is 16.0 Å². The van der Waals surface area contributed by atoms with Gasteiger partial charge in [0.1, 0.15) is 0 Å². The van der Waals surface area contributed by atoms with E-state index in [1.165, 1.54) is 0 Å². The summed E-state index contributed by atoms with van der Waals surface area (Å²) in [4.78, 5) is 1.13. The van der Waals surface area contributed by atoms with Gasteiger partial charge in [0.15, 0.2) is 0 Å². The molecule has 0 aliphatic rings. The number of hydrazine groups is 1. The number of aromatic nitrogens is 2. The highest BCUT2D eigenvalue weighted by atomic mass is 79.9. The van der Waals surface area contributed by atoms with Crippen molar-refractivity contribution < 1.29 is 0 Å². The normalized spacial score (nSPS) is 13.0. The van der Waals surface area contributed by atoms with E-state index >= 15 is 0 Å². The van der Waals surface area contributed by atoms with Crippen LogP contribution in [0.15, 0.2) is 26.7 Å². The minimum absolute atomic E-state index is 0.0266. The zero-order valence-electron chi connectivity index (χ0n) is 8.45. The summed E-state index contributed by atoms with van der Waals surface area (Å²) in [6, 6.07) is 2.02. The van der Waals surface area contributed by atoms with Crippen molar-refractivity contribution in [1.82, 2.24) is 15.2 Å². The highest BCUT2D eigenvalue weighted by Crippen LogP contribution is 2.37. The molecular formula is C9H10Br2N4S. The maximum atomic E-state index is 5.59. The minimum Gasteiger partial charge on any atom is -0.275 e. The van der Waals surface area contributed by atoms with Crippen LogP contribution >= 0.6 is 43.2 Å². The molecule has 2 heterocycles. The number of rotatable bonds is 3. The predicted octanol–water partition coefficient (Wildman–Crippen LogP) is 2.56. The summed E-state index contributed by atoms with van der Waals surface area (Å²) in [5, 5.41) is 4.14. The van der Waals surface area contributed by atoms with E-state index in [9.17, 15) is 0 Å². The smallest absolute Gasteiger partial charge is 0.0843 e. The molecule has 7 heteroatoms. The van der Waals surface area contributed by atoms with Crippen LogP contribution in [0, 0.1) is 0 Å². The van der Waals surface area contributed by atoms with E-state index in [0.717, 1.165) is 18.7 Å². The van der Waals surface area contributed by atoms with Crippen LogP contribution in [0.4, 0.5) is 0 Å². The topological polar surface area (TPSA) is 55.9 Å². The van der Waals surface area contributed by atoms with Gasteiger partial charge in [0.2, 0.25) is 0 Å². The lowest BCUT2D eigenvalue weighted by atomic mass is 10.1. The number of hydrogen-bond acceptors (Lipinski definition) is 4. The fourth-order valence-electron chi connectivity index (χ4n) is 1.44. The Balaban J connectivity index is 2.36. The summed E-state index contributed by atoms with van der Waals surface area (Å²) < 4.78 is 3.86. The van der Waals surface area contributed by atoms with Crippen LogP contribution in [0.5, 0.6) is 0 Å². The van der Waals surface area contributed by atoms with Gasteiger partial charge in [0.25, 0.3) is 0 Å². The van der Waals surface area contributed by atoms with Gasteiger partial charge in [-0.15, -0.1) is 11.3 Å². The van der Waals surface area contributed by atoms with Crippen LogP contribution in [0.3, 0.4) is 0 Å². The van der Waals surface area contributed by atoms with Crippen molar-refractivity contribution >= 4 is 43.2 Å². The molecule has 0 fully saturated rings. The molecule has 0 saturated carbocycles. The number of halogens is 2. The molecule has 2 aromatic rings. The molecule has 1 atom stereocenters. The molecule has 16 heavy (non-hydrogen) atoms. The van der Waals surface area contributed by atoms with E-state index in [4.69, 9.17) is 5.84 Å². The average molecular weight is 366 g/mol. The van der Waals surface area contributed by atoms with E-state index in [1.54, 1.807) is 16.0 Å². The lowest BCUT2D eigenvalue weighted by Gasteiger charge is -2.11. The van der Waals surface area contributed by atoms with Crippen molar-refractivity contribution in [1.29, 1.82) is 0 Å². The number of nitrogens with zero attached hydrogens (tertiary/aromatic N) is 2. The van der Waals surface area contributed by atoms with Gasteiger partial charge in [-0.05, 0) is 37.9 Å². The number of nitrogens with one attached hydrogen (secondary N) is 1. The molecule has 0 aromatic carbocycles. The van der Waals surface area contributed by atoms with E-state index in [1.807, 2.05) is 25.5 Å². The van der Waals surface area contributed by atoms with Gasteiger partial charge in [0, 0.05) is 28.2 Å². The minimum atomic E-state index is -0.0266. The second-order valence-electron chi connectivity index (χ2n) is 3.32. The molecule has 1 unspecified atom stereocenters. The molecule has 0 saturated heterocycles. The van der Waals surface area contributed by atoms with E-state index in [2.05, 4.69) is 42.4 Å². The third-order valence-corrected chi connectivity index (χ3v) is 5.49. The number of nitrogens with two attached hydrogens (primary N) is 1. The zero-order chi connectivity index (χ0) is 11.7. The van der Waals surface area contributed by atoms with Crippen molar-refractivity contribution in [3.05, 3.63) is 37.2 Å². The Labute approximate surface area is 114 Å². The molecule has 3 N–H and O–H groups in total. The second-order valence-corrected chi connectivity index (χ2v) is 6.57. The van der Waals surface area contributed by atoms with Crippen LogP contribution in [0.2, 0.25) is 0 Å². The van der Waals surface area contributed by atoms with Crippen molar-refractivity contribution in [3.8, 4) is 0 Å². The fraction of sp³-hybridized carbons (Fsp3) is 0.222. The summed E-state index contributed by atoms with van der Waals surface area (Å²) in [5.41, 5.74) is 3.85. The first kappa shape index (κ1) is 12.3. The third-order valence-electron chi connectivity index (χ3n) is 2.17. The third kappa shape index (κ3) is 2.38. The van der Waals surface area contributed by atoms with E-state index in [0.29, 0.717) is 0 Å². The Morgan fingerprint density at radius 3 is 2.75 bits per heavy atom. The molecule has 0 aliphatic carbocycles. The standard InChI is InChI=1S/C9H10Br2N4S/c1-15-4-5(3-13-15)8(14-12)7-2-6(10)9(11)16-7/h2-4,8,14H,12H2,1H3. The summed E-state index contributed by atoms with van der Waals surface area (Å²) in [5.74, 6) is 5.59. The second kappa shape index (κ2) is 4.97. The molecule has 2 aromatic heterocycles. The quantitative estimate of drug-likeness (QED) is 0.649. The summed E-state index contributed by atoms with van der Waals surface area (Å²) >= 11 is 8.58. The highest BCUT2D eigenvalue weighted by Gasteiger charge is 2.17. The lowest BCUT2D eigenvalue weighted by Crippen LogP contribution is -2.27. The number of thiophene rings is 1. The molecule has 0 aliphatic heterocycles. The first-order valence-electron chi connectivity index (χ1n) is 4.51. The largest absolute Gasteiger partial charge is 0.275 e. The first-order chi connectivity index (χ1) is 7.61. The van der Waals surface area contributed by atoms with E-state index < -0.39 is 0 Å². The predicted molar refractivity (Wildman–Crippen MR) is 72.1 cm³/mol. The Morgan fingerprint density at radius 2 is 2.31 bits per heavy atom. The van der Waals surface area contributed by atoms with Gasteiger partial charge < -0.3 is 0 Å². The van der Waals surface area contributed by atoms with Crippen LogP contribution in [-0.2, 0) is 7.05 Å². The maximum absolute atomic E-state index is 5.59. The lowest BCUT2D eigenvalue weighted by molar-refractivity contribution is 0.645. The van der Waals surface area contributed by atoms with Crippen molar-refractivity contribution in [2.45, 2.75) is 6.04 Å². The molecule has 86 valence electrons. The van der Waals surface area contributed by atoms with Crippen LogP contribution < -0.4 is 11.3 Å². The maximum Gasteiger partial charge on any atom is 0.0843 e. The highest BCUT2D eigenvalue weighted by molar-refractivity contribution is 9.13. The molecule has 0 radical (unpaired) electrons. The first-order valence-corrected chi connectivity index (χ1v) is 6.91. The Kier molecular flexibility index (Phi) is 3.81. The van der Waals surface area contributed by atoms with Gasteiger partial charge in [-0.25, -0.2) is 5.43 Å². The van der Waals surface area contributed by atoms with Gasteiger partial charge in [-0.3, -0.25) is 10.5 Å². The summed E-state index contributed by atoms with van der Waals surface area (Å²) in [6.45, 7) is 0. The molecule has 0 spiro atoms. The van der Waals surface area contributed by atoms with Crippen LogP contribution in [0.25, 0.3) is 0 Å². The Bertz CT molecular complexity index is 474. The average Bonchev–Trinajstić information content (AvgIpc) is 2.77. The van der Waals surface area contributed by atoms with Crippen molar-refractivity contribution in [3.63, 3.8) is 0 Å². The zero-order valence-corrected chi connectivity index (χ0v) is 12.4. The molecule has 0 amide bonds. The fourth-order valence-corrected chi connectivity index (χ4v) is 3.62. The number of aryl methyl sites for hydroxylation is 1. The molecular weight excluding hydrogens is 356 g/mol. The molecule has 0 bridgehead atoms.